The van der Waals surface area contributed by atoms with Crippen molar-refractivity contribution in [2.24, 2.45) is 5.92 Å². The van der Waals surface area contributed by atoms with Crippen molar-refractivity contribution in [1.29, 1.82) is 0 Å². The first-order chi connectivity index (χ1) is 12.2. The molecule has 1 aliphatic heterocycles. The molecule has 2 aliphatic carbocycles. The Balaban J connectivity index is 1.24. The lowest BCUT2D eigenvalue weighted by atomic mass is 9.85. The summed E-state index contributed by atoms with van der Waals surface area (Å²) in [5.41, 5.74) is 2.41. The van der Waals surface area contributed by atoms with Crippen LogP contribution in [-0.2, 0) is 4.79 Å². The summed E-state index contributed by atoms with van der Waals surface area (Å²) in [4.78, 5) is 13.3. The van der Waals surface area contributed by atoms with E-state index in [4.69, 9.17) is 9.84 Å². The fourth-order valence-corrected chi connectivity index (χ4v) is 3.74. The van der Waals surface area contributed by atoms with Crippen molar-refractivity contribution in [1.82, 2.24) is 10.2 Å². The molecule has 3 aliphatic rings. The van der Waals surface area contributed by atoms with Crippen molar-refractivity contribution in [2.45, 2.75) is 37.8 Å². The summed E-state index contributed by atoms with van der Waals surface area (Å²) in [7, 11) is 0. The normalized spacial score (nSPS) is 24.9. The molecule has 0 aromatic heterocycles. The number of benzene rings is 1. The van der Waals surface area contributed by atoms with Crippen LogP contribution in [-0.4, -0.2) is 54.3 Å². The second-order valence-electron chi connectivity index (χ2n) is 7.60. The molecule has 1 aromatic rings. The van der Waals surface area contributed by atoms with Gasteiger partial charge in [-0.1, -0.05) is 18.2 Å². The molecular formula is C20H26N2O3. The number of nitrogens with zero attached hydrogens (tertiary/aromatic N) is 1. The SMILES string of the molecule is O=C(O)CN(CC1CC1)C1CC(NCC2=Cc3ccccc3OC2)C1. The first-order valence-corrected chi connectivity index (χ1v) is 9.28. The van der Waals surface area contributed by atoms with E-state index < -0.39 is 5.97 Å². The van der Waals surface area contributed by atoms with Crippen LogP contribution in [0.3, 0.4) is 0 Å². The predicted molar refractivity (Wildman–Crippen MR) is 96.7 cm³/mol. The van der Waals surface area contributed by atoms with Gasteiger partial charge in [0, 0.05) is 30.7 Å². The van der Waals surface area contributed by atoms with Crippen molar-refractivity contribution >= 4 is 12.0 Å². The molecule has 2 fully saturated rings. The molecule has 5 nitrogen and oxygen atoms in total. The number of nitrogens with one attached hydrogen (secondary N) is 1. The highest BCUT2D eigenvalue weighted by molar-refractivity contribution is 5.69. The van der Waals surface area contributed by atoms with Crippen molar-refractivity contribution in [3.8, 4) is 5.75 Å². The minimum atomic E-state index is -0.708. The third kappa shape index (κ3) is 4.22. The van der Waals surface area contributed by atoms with E-state index in [-0.39, 0.29) is 6.54 Å². The Kier molecular flexibility index (Phi) is 4.77. The molecule has 0 radical (unpaired) electrons. The number of fused-ring (bicyclic) bond motifs is 1. The molecule has 5 heteroatoms. The van der Waals surface area contributed by atoms with Crippen LogP contribution >= 0.6 is 0 Å². The average molecular weight is 342 g/mol. The third-order valence-electron chi connectivity index (χ3n) is 5.47. The van der Waals surface area contributed by atoms with E-state index in [9.17, 15) is 4.79 Å². The topological polar surface area (TPSA) is 61.8 Å². The molecule has 1 aromatic carbocycles. The molecule has 4 rings (SSSR count). The summed E-state index contributed by atoms with van der Waals surface area (Å²) in [6.07, 6.45) is 6.83. The second-order valence-corrected chi connectivity index (χ2v) is 7.60. The van der Waals surface area contributed by atoms with Crippen molar-refractivity contribution in [2.75, 3.05) is 26.2 Å². The van der Waals surface area contributed by atoms with Crippen molar-refractivity contribution in [3.63, 3.8) is 0 Å². The average Bonchev–Trinajstić information content (AvgIpc) is 3.36. The molecule has 0 bridgehead atoms. The third-order valence-corrected chi connectivity index (χ3v) is 5.47. The van der Waals surface area contributed by atoms with E-state index in [0.717, 1.165) is 43.2 Å². The number of hydrogen-bond donors (Lipinski definition) is 2. The standard InChI is InChI=1S/C20H26N2O3/c23-20(24)12-22(11-14-5-6-14)18-8-17(9-18)21-10-15-7-16-3-1-2-4-19(16)25-13-15/h1-4,7,14,17-18,21H,5-6,8-13H2,(H,23,24). The van der Waals surface area contributed by atoms with Gasteiger partial charge in [-0.2, -0.15) is 0 Å². The van der Waals surface area contributed by atoms with Gasteiger partial charge in [0.15, 0.2) is 0 Å². The summed E-state index contributed by atoms with van der Waals surface area (Å²) in [6, 6.07) is 9.02. The summed E-state index contributed by atoms with van der Waals surface area (Å²) < 4.78 is 5.79. The fraction of sp³-hybridized carbons (Fsp3) is 0.550. The number of aliphatic carboxylic acids is 1. The lowest BCUT2D eigenvalue weighted by Crippen LogP contribution is -2.54. The van der Waals surface area contributed by atoms with Crippen LogP contribution < -0.4 is 10.1 Å². The Hall–Kier alpha value is -1.85. The van der Waals surface area contributed by atoms with Gasteiger partial charge < -0.3 is 15.2 Å². The number of carbonyl (C=O) groups is 1. The van der Waals surface area contributed by atoms with E-state index in [1.54, 1.807) is 0 Å². The van der Waals surface area contributed by atoms with Crippen LogP contribution in [0.4, 0.5) is 0 Å². The molecule has 2 N–H and O–H groups in total. The maximum atomic E-state index is 11.1. The van der Waals surface area contributed by atoms with Gasteiger partial charge in [0.1, 0.15) is 12.4 Å². The summed E-state index contributed by atoms with van der Waals surface area (Å²) in [5.74, 6) is 0.982. The molecule has 134 valence electrons. The summed E-state index contributed by atoms with van der Waals surface area (Å²) in [6.45, 7) is 2.63. The highest BCUT2D eigenvalue weighted by Crippen LogP contribution is 2.34. The van der Waals surface area contributed by atoms with Crippen LogP contribution in [0.15, 0.2) is 29.8 Å². The van der Waals surface area contributed by atoms with Crippen LogP contribution in [0, 0.1) is 5.92 Å². The van der Waals surface area contributed by atoms with E-state index in [2.05, 4.69) is 22.4 Å². The van der Waals surface area contributed by atoms with Crippen molar-refractivity contribution in [3.05, 3.63) is 35.4 Å². The maximum Gasteiger partial charge on any atom is 0.317 e. The summed E-state index contributed by atoms with van der Waals surface area (Å²) >= 11 is 0. The molecule has 0 atom stereocenters. The van der Waals surface area contributed by atoms with Gasteiger partial charge in [-0.25, -0.2) is 0 Å². The molecule has 0 amide bonds. The predicted octanol–water partition coefficient (Wildman–Crippen LogP) is 2.38. The van der Waals surface area contributed by atoms with E-state index in [1.807, 2.05) is 18.2 Å². The van der Waals surface area contributed by atoms with Gasteiger partial charge in [-0.3, -0.25) is 9.69 Å². The summed E-state index contributed by atoms with van der Waals surface area (Å²) in [5, 5.41) is 12.7. The highest BCUT2D eigenvalue weighted by Gasteiger charge is 2.36. The van der Waals surface area contributed by atoms with Crippen LogP contribution in [0.1, 0.15) is 31.2 Å². The molecular weight excluding hydrogens is 316 g/mol. The van der Waals surface area contributed by atoms with Crippen molar-refractivity contribution < 1.29 is 14.6 Å². The van der Waals surface area contributed by atoms with Gasteiger partial charge >= 0.3 is 5.97 Å². The zero-order valence-corrected chi connectivity index (χ0v) is 14.5. The molecule has 25 heavy (non-hydrogen) atoms. The number of carboxylic acid groups (broad SMARTS) is 1. The lowest BCUT2D eigenvalue weighted by molar-refractivity contribution is -0.139. The number of rotatable bonds is 8. The molecule has 2 saturated carbocycles. The van der Waals surface area contributed by atoms with Gasteiger partial charge in [-0.15, -0.1) is 0 Å². The molecule has 0 spiro atoms. The molecule has 0 saturated heterocycles. The Morgan fingerprint density at radius 2 is 2.08 bits per heavy atom. The number of carboxylic acids is 1. The smallest absolute Gasteiger partial charge is 0.317 e. The lowest BCUT2D eigenvalue weighted by Gasteiger charge is -2.43. The Morgan fingerprint density at radius 1 is 1.28 bits per heavy atom. The fourth-order valence-electron chi connectivity index (χ4n) is 3.74. The van der Waals surface area contributed by atoms with Gasteiger partial charge in [0.2, 0.25) is 0 Å². The minimum Gasteiger partial charge on any atom is -0.489 e. The Labute approximate surface area is 148 Å². The molecule has 0 unspecified atom stereocenters. The zero-order chi connectivity index (χ0) is 17.2. The van der Waals surface area contributed by atoms with Crippen LogP contribution in [0.5, 0.6) is 5.75 Å². The van der Waals surface area contributed by atoms with E-state index >= 15 is 0 Å². The molecule has 1 heterocycles. The van der Waals surface area contributed by atoms with Gasteiger partial charge in [-0.05, 0) is 49.3 Å². The van der Waals surface area contributed by atoms with E-state index in [0.29, 0.717) is 18.7 Å². The first kappa shape index (κ1) is 16.6. The number of para-hydroxylation sites is 1. The Bertz CT molecular complexity index is 663. The zero-order valence-electron chi connectivity index (χ0n) is 14.5. The number of hydrogen-bond acceptors (Lipinski definition) is 4. The second kappa shape index (κ2) is 7.18. The first-order valence-electron chi connectivity index (χ1n) is 9.28. The number of ether oxygens (including phenoxy) is 1. The van der Waals surface area contributed by atoms with Crippen LogP contribution in [0.2, 0.25) is 0 Å². The quantitative estimate of drug-likeness (QED) is 0.759. The Morgan fingerprint density at radius 3 is 2.84 bits per heavy atom. The minimum absolute atomic E-state index is 0.184. The van der Waals surface area contributed by atoms with Gasteiger partial charge in [0.05, 0.1) is 6.54 Å². The van der Waals surface area contributed by atoms with Gasteiger partial charge in [0.25, 0.3) is 0 Å². The maximum absolute atomic E-state index is 11.1. The largest absolute Gasteiger partial charge is 0.489 e. The van der Waals surface area contributed by atoms with Crippen LogP contribution in [0.25, 0.3) is 6.08 Å². The monoisotopic (exact) mass is 342 g/mol. The van der Waals surface area contributed by atoms with E-state index in [1.165, 1.54) is 18.4 Å². The highest BCUT2D eigenvalue weighted by atomic mass is 16.5.